The number of rotatable bonds is 12. The second-order valence-electron chi connectivity index (χ2n) is 7.72. The molecule has 3 nitrogen and oxygen atoms in total. The Kier molecular flexibility index (Phi) is 9.75. The summed E-state index contributed by atoms with van der Waals surface area (Å²) in [4.78, 5) is 10.5. The Hall–Kier alpha value is -2.03. The largest absolute Gasteiger partial charge is 0.493 e. The SMILES string of the molecule is C=CCCCCCCC1CCC(COc2ccc(/C=C/C(=O)O)cc2)CC1. The van der Waals surface area contributed by atoms with E-state index in [2.05, 4.69) is 6.58 Å². The summed E-state index contributed by atoms with van der Waals surface area (Å²) in [5, 5.41) is 8.65. The lowest BCUT2D eigenvalue weighted by molar-refractivity contribution is -0.131. The molecule has 1 N–H and O–H groups in total. The first-order valence-electron chi connectivity index (χ1n) is 10.4. The lowest BCUT2D eigenvalue weighted by Gasteiger charge is -2.28. The predicted molar refractivity (Wildman–Crippen MR) is 112 cm³/mol. The molecule has 1 fully saturated rings. The zero-order chi connectivity index (χ0) is 19.3. The second kappa shape index (κ2) is 12.4. The molecule has 1 saturated carbocycles. The van der Waals surface area contributed by atoms with E-state index in [1.807, 2.05) is 30.3 Å². The minimum atomic E-state index is -0.932. The molecule has 0 radical (unpaired) electrons. The summed E-state index contributed by atoms with van der Waals surface area (Å²) in [6.45, 7) is 4.57. The van der Waals surface area contributed by atoms with Crippen LogP contribution in [0.3, 0.4) is 0 Å². The average molecular weight is 371 g/mol. The van der Waals surface area contributed by atoms with Crippen LogP contribution in [-0.2, 0) is 4.79 Å². The second-order valence-corrected chi connectivity index (χ2v) is 7.72. The maximum Gasteiger partial charge on any atom is 0.328 e. The normalized spacial score (nSPS) is 19.9. The number of allylic oxidation sites excluding steroid dienone is 1. The van der Waals surface area contributed by atoms with E-state index in [9.17, 15) is 4.79 Å². The molecule has 0 bridgehead atoms. The summed E-state index contributed by atoms with van der Waals surface area (Å²) in [5.41, 5.74) is 0.870. The van der Waals surface area contributed by atoms with Gasteiger partial charge < -0.3 is 9.84 Å². The molecule has 0 atom stereocenters. The molecular weight excluding hydrogens is 336 g/mol. The van der Waals surface area contributed by atoms with Gasteiger partial charge in [-0.15, -0.1) is 6.58 Å². The number of carbonyl (C=O) groups is 1. The third-order valence-electron chi connectivity index (χ3n) is 5.52. The predicted octanol–water partition coefficient (Wildman–Crippen LogP) is 6.50. The van der Waals surface area contributed by atoms with Crippen LogP contribution in [0.25, 0.3) is 6.08 Å². The molecule has 148 valence electrons. The molecule has 0 amide bonds. The molecule has 1 aromatic rings. The molecule has 1 aromatic carbocycles. The lowest BCUT2D eigenvalue weighted by Crippen LogP contribution is -2.20. The van der Waals surface area contributed by atoms with Crippen LogP contribution < -0.4 is 4.74 Å². The molecule has 0 spiro atoms. The molecule has 3 heteroatoms. The summed E-state index contributed by atoms with van der Waals surface area (Å²) in [7, 11) is 0. The van der Waals surface area contributed by atoms with Gasteiger partial charge in [0.05, 0.1) is 6.61 Å². The van der Waals surface area contributed by atoms with E-state index in [-0.39, 0.29) is 0 Å². The van der Waals surface area contributed by atoms with Crippen LogP contribution in [0.15, 0.2) is 43.0 Å². The molecule has 0 aromatic heterocycles. The fourth-order valence-electron chi connectivity index (χ4n) is 3.82. The monoisotopic (exact) mass is 370 g/mol. The van der Waals surface area contributed by atoms with Crippen molar-refractivity contribution in [3.05, 3.63) is 48.6 Å². The highest BCUT2D eigenvalue weighted by Gasteiger charge is 2.21. The minimum Gasteiger partial charge on any atom is -0.493 e. The summed E-state index contributed by atoms with van der Waals surface area (Å²) in [6, 6.07) is 7.61. The van der Waals surface area contributed by atoms with E-state index in [0.717, 1.165) is 36.3 Å². The summed E-state index contributed by atoms with van der Waals surface area (Å²) < 4.78 is 5.95. The Morgan fingerprint density at radius 2 is 1.70 bits per heavy atom. The Bertz CT molecular complexity index is 580. The highest BCUT2D eigenvalue weighted by atomic mass is 16.5. The number of ether oxygens (including phenoxy) is 1. The van der Waals surface area contributed by atoms with E-state index in [0.29, 0.717) is 5.92 Å². The smallest absolute Gasteiger partial charge is 0.328 e. The van der Waals surface area contributed by atoms with Gasteiger partial charge in [-0.1, -0.05) is 56.7 Å². The first kappa shape index (κ1) is 21.3. The van der Waals surface area contributed by atoms with Gasteiger partial charge in [-0.3, -0.25) is 0 Å². The van der Waals surface area contributed by atoms with Crippen molar-refractivity contribution in [1.29, 1.82) is 0 Å². The van der Waals surface area contributed by atoms with Crippen molar-refractivity contribution in [2.45, 2.75) is 64.2 Å². The Morgan fingerprint density at radius 1 is 1.04 bits per heavy atom. The maximum absolute atomic E-state index is 10.5. The van der Waals surface area contributed by atoms with Crippen LogP contribution in [0.1, 0.15) is 69.8 Å². The molecule has 1 aliphatic carbocycles. The average Bonchev–Trinajstić information content (AvgIpc) is 2.69. The van der Waals surface area contributed by atoms with E-state index in [1.54, 1.807) is 6.08 Å². The van der Waals surface area contributed by atoms with Gasteiger partial charge in [-0.05, 0) is 61.3 Å². The van der Waals surface area contributed by atoms with Crippen LogP contribution in [0, 0.1) is 11.8 Å². The number of carboxylic acids is 1. The number of unbranched alkanes of at least 4 members (excludes halogenated alkanes) is 4. The molecule has 27 heavy (non-hydrogen) atoms. The molecule has 0 saturated heterocycles. The summed E-state index contributed by atoms with van der Waals surface area (Å²) in [5.74, 6) is 1.52. The molecule has 0 heterocycles. The highest BCUT2D eigenvalue weighted by molar-refractivity contribution is 5.85. The number of hydrogen-bond acceptors (Lipinski definition) is 2. The molecule has 0 unspecified atom stereocenters. The van der Waals surface area contributed by atoms with E-state index < -0.39 is 5.97 Å². The van der Waals surface area contributed by atoms with Gasteiger partial charge in [-0.2, -0.15) is 0 Å². The fourth-order valence-corrected chi connectivity index (χ4v) is 3.82. The van der Waals surface area contributed by atoms with Crippen LogP contribution in [0.2, 0.25) is 0 Å². The summed E-state index contributed by atoms with van der Waals surface area (Å²) >= 11 is 0. The van der Waals surface area contributed by atoms with Gasteiger partial charge in [0.25, 0.3) is 0 Å². The van der Waals surface area contributed by atoms with Gasteiger partial charge >= 0.3 is 5.97 Å². The van der Waals surface area contributed by atoms with Crippen molar-refractivity contribution in [3.8, 4) is 5.75 Å². The van der Waals surface area contributed by atoms with Gasteiger partial charge in [0, 0.05) is 6.08 Å². The van der Waals surface area contributed by atoms with Crippen LogP contribution in [0.4, 0.5) is 0 Å². The molecular formula is C24H34O3. The van der Waals surface area contributed by atoms with E-state index in [1.165, 1.54) is 57.8 Å². The van der Waals surface area contributed by atoms with Crippen LogP contribution >= 0.6 is 0 Å². The quantitative estimate of drug-likeness (QED) is 0.260. The van der Waals surface area contributed by atoms with Gasteiger partial charge in [0.1, 0.15) is 5.75 Å². The van der Waals surface area contributed by atoms with Crippen molar-refractivity contribution in [2.75, 3.05) is 6.61 Å². The van der Waals surface area contributed by atoms with Crippen molar-refractivity contribution in [1.82, 2.24) is 0 Å². The van der Waals surface area contributed by atoms with Crippen molar-refractivity contribution in [3.63, 3.8) is 0 Å². The molecule has 1 aliphatic rings. The van der Waals surface area contributed by atoms with Crippen molar-refractivity contribution < 1.29 is 14.6 Å². The Labute approximate surface area is 164 Å². The summed E-state index contributed by atoms with van der Waals surface area (Å²) in [6.07, 6.45) is 18.0. The van der Waals surface area contributed by atoms with Crippen molar-refractivity contribution >= 4 is 12.0 Å². The van der Waals surface area contributed by atoms with Crippen LogP contribution in [-0.4, -0.2) is 17.7 Å². The van der Waals surface area contributed by atoms with Gasteiger partial charge in [0.15, 0.2) is 0 Å². The van der Waals surface area contributed by atoms with Crippen molar-refractivity contribution in [2.24, 2.45) is 11.8 Å². The van der Waals surface area contributed by atoms with Crippen LogP contribution in [0.5, 0.6) is 5.75 Å². The fraction of sp³-hybridized carbons (Fsp3) is 0.542. The minimum absolute atomic E-state index is 0.667. The lowest BCUT2D eigenvalue weighted by atomic mass is 9.80. The maximum atomic E-state index is 10.5. The number of benzene rings is 1. The number of carboxylic acid groups (broad SMARTS) is 1. The third-order valence-corrected chi connectivity index (χ3v) is 5.52. The molecule has 2 rings (SSSR count). The van der Waals surface area contributed by atoms with Gasteiger partial charge in [-0.25, -0.2) is 4.79 Å². The molecule has 0 aliphatic heterocycles. The highest BCUT2D eigenvalue weighted by Crippen LogP contribution is 2.32. The number of hydrogen-bond donors (Lipinski definition) is 1. The Balaban J connectivity index is 1.59. The standard InChI is InChI=1S/C24H34O3/c1-2-3-4-5-6-7-8-20-9-11-22(12-10-20)19-27-23-16-13-21(14-17-23)15-18-24(25)26/h2,13-18,20,22H,1,3-12,19H2,(H,25,26)/b18-15+. The van der Waals surface area contributed by atoms with E-state index >= 15 is 0 Å². The Morgan fingerprint density at radius 3 is 2.37 bits per heavy atom. The van der Waals surface area contributed by atoms with Gasteiger partial charge in [0.2, 0.25) is 0 Å². The first-order valence-corrected chi connectivity index (χ1v) is 10.4. The topological polar surface area (TPSA) is 46.5 Å². The zero-order valence-electron chi connectivity index (χ0n) is 16.4. The third kappa shape index (κ3) is 8.94. The zero-order valence-corrected chi connectivity index (χ0v) is 16.4. The first-order chi connectivity index (χ1) is 13.2. The van der Waals surface area contributed by atoms with E-state index in [4.69, 9.17) is 9.84 Å². The number of aliphatic carboxylic acids is 1.